The second-order valence-electron chi connectivity index (χ2n) is 3.09. The minimum Gasteiger partial charge on any atom is -0.496 e. The van der Waals surface area contributed by atoms with Crippen molar-refractivity contribution in [3.63, 3.8) is 0 Å². The number of aliphatic carboxylic acids is 1. The van der Waals surface area contributed by atoms with E-state index in [0.717, 1.165) is 0 Å². The van der Waals surface area contributed by atoms with Crippen molar-refractivity contribution >= 4 is 12.0 Å². The number of isocyanates is 1. The van der Waals surface area contributed by atoms with E-state index in [1.165, 1.54) is 13.2 Å². The highest BCUT2D eigenvalue weighted by atomic mass is 16.5. The molecule has 0 heterocycles. The van der Waals surface area contributed by atoms with Gasteiger partial charge in [-0.05, 0) is 11.6 Å². The zero-order chi connectivity index (χ0) is 12.0. The van der Waals surface area contributed by atoms with Crippen LogP contribution in [0.3, 0.4) is 0 Å². The van der Waals surface area contributed by atoms with Gasteiger partial charge in [-0.3, -0.25) is 0 Å². The lowest BCUT2D eigenvalue weighted by atomic mass is 10.1. The predicted octanol–water partition coefficient (Wildman–Crippen LogP) is 1.03. The van der Waals surface area contributed by atoms with Gasteiger partial charge in [0.25, 0.3) is 0 Å². The van der Waals surface area contributed by atoms with Gasteiger partial charge in [0.1, 0.15) is 5.75 Å². The second kappa shape index (κ2) is 5.68. The van der Waals surface area contributed by atoms with Gasteiger partial charge in [-0.2, -0.15) is 4.99 Å². The molecule has 0 aromatic heterocycles. The molecule has 1 rings (SSSR count). The Bertz CT molecular complexity index is 422. The first-order valence-corrected chi connectivity index (χ1v) is 4.60. The summed E-state index contributed by atoms with van der Waals surface area (Å²) in [4.78, 5) is 24.1. The standard InChI is InChI=1S/C11H11NO4/c1-16-10-5-3-2-4-8(10)6-9(11(14)15)12-7-13/h2-5,9H,6H2,1H3,(H,14,15). The van der Waals surface area contributed by atoms with Gasteiger partial charge in [-0.15, -0.1) is 0 Å². The van der Waals surface area contributed by atoms with Crippen LogP contribution in [0.15, 0.2) is 29.3 Å². The number of carboxylic acids is 1. The molecule has 84 valence electrons. The number of nitrogens with zero attached hydrogens (tertiary/aromatic N) is 1. The SMILES string of the molecule is COc1ccccc1CC(N=C=O)C(=O)O. The maximum absolute atomic E-state index is 10.8. The molecule has 0 radical (unpaired) electrons. The lowest BCUT2D eigenvalue weighted by Crippen LogP contribution is -2.20. The summed E-state index contributed by atoms with van der Waals surface area (Å²) in [6.45, 7) is 0. The summed E-state index contributed by atoms with van der Waals surface area (Å²) in [5, 5.41) is 8.82. The Balaban J connectivity index is 2.92. The molecule has 0 fully saturated rings. The van der Waals surface area contributed by atoms with Crippen LogP contribution in [0.4, 0.5) is 0 Å². The summed E-state index contributed by atoms with van der Waals surface area (Å²) in [7, 11) is 1.50. The smallest absolute Gasteiger partial charge is 0.329 e. The van der Waals surface area contributed by atoms with E-state index in [0.29, 0.717) is 11.3 Å². The van der Waals surface area contributed by atoms with E-state index >= 15 is 0 Å². The first kappa shape index (κ1) is 11.9. The molecule has 0 saturated carbocycles. The fourth-order valence-corrected chi connectivity index (χ4v) is 1.33. The fraction of sp³-hybridized carbons (Fsp3) is 0.273. The van der Waals surface area contributed by atoms with Crippen LogP contribution >= 0.6 is 0 Å². The number of hydrogen-bond donors (Lipinski definition) is 1. The van der Waals surface area contributed by atoms with Gasteiger partial charge >= 0.3 is 5.97 Å². The van der Waals surface area contributed by atoms with Crippen LogP contribution in [0, 0.1) is 0 Å². The van der Waals surface area contributed by atoms with Crippen LogP contribution in [0.25, 0.3) is 0 Å². The van der Waals surface area contributed by atoms with Crippen molar-refractivity contribution < 1.29 is 19.4 Å². The zero-order valence-electron chi connectivity index (χ0n) is 8.71. The summed E-state index contributed by atoms with van der Waals surface area (Å²) in [6.07, 6.45) is 1.37. The molecule has 0 amide bonds. The van der Waals surface area contributed by atoms with E-state index in [1.54, 1.807) is 24.3 Å². The van der Waals surface area contributed by atoms with Gasteiger partial charge in [0.15, 0.2) is 6.04 Å². The van der Waals surface area contributed by atoms with E-state index in [1.807, 2.05) is 0 Å². The Kier molecular flexibility index (Phi) is 4.24. The van der Waals surface area contributed by atoms with Crippen LogP contribution in [-0.4, -0.2) is 30.3 Å². The summed E-state index contributed by atoms with van der Waals surface area (Å²) in [6, 6.07) is 5.88. The number of carbonyl (C=O) groups excluding carboxylic acids is 1. The number of ether oxygens (including phenoxy) is 1. The minimum atomic E-state index is -1.16. The van der Waals surface area contributed by atoms with E-state index < -0.39 is 12.0 Å². The third kappa shape index (κ3) is 2.93. The zero-order valence-corrected chi connectivity index (χ0v) is 8.71. The molecule has 16 heavy (non-hydrogen) atoms. The van der Waals surface area contributed by atoms with Crippen LogP contribution < -0.4 is 4.74 Å². The monoisotopic (exact) mass is 221 g/mol. The van der Waals surface area contributed by atoms with Crippen molar-refractivity contribution in [2.75, 3.05) is 7.11 Å². The van der Waals surface area contributed by atoms with Crippen LogP contribution in [0.5, 0.6) is 5.75 Å². The Morgan fingerprint density at radius 2 is 2.25 bits per heavy atom. The molecular formula is C11H11NO4. The first-order valence-electron chi connectivity index (χ1n) is 4.60. The molecule has 5 nitrogen and oxygen atoms in total. The topological polar surface area (TPSA) is 76.0 Å². The second-order valence-corrected chi connectivity index (χ2v) is 3.09. The molecular weight excluding hydrogens is 210 g/mol. The number of carboxylic acid groups (broad SMARTS) is 1. The van der Waals surface area contributed by atoms with Gasteiger partial charge in [-0.1, -0.05) is 18.2 Å². The maximum Gasteiger partial charge on any atom is 0.329 e. The Morgan fingerprint density at radius 1 is 1.56 bits per heavy atom. The lowest BCUT2D eigenvalue weighted by molar-refractivity contribution is -0.138. The molecule has 0 spiro atoms. The van der Waals surface area contributed by atoms with E-state index in [4.69, 9.17) is 9.84 Å². The van der Waals surface area contributed by atoms with Crippen LogP contribution in [-0.2, 0) is 16.0 Å². The van der Waals surface area contributed by atoms with Gasteiger partial charge in [0.05, 0.1) is 7.11 Å². The minimum absolute atomic E-state index is 0.106. The molecule has 1 unspecified atom stereocenters. The van der Waals surface area contributed by atoms with Crippen LogP contribution in [0.2, 0.25) is 0 Å². The van der Waals surface area contributed by atoms with Crippen molar-refractivity contribution in [2.45, 2.75) is 12.5 Å². The highest BCUT2D eigenvalue weighted by molar-refractivity contribution is 5.75. The molecule has 0 aliphatic carbocycles. The van der Waals surface area contributed by atoms with Gasteiger partial charge in [0.2, 0.25) is 6.08 Å². The number of rotatable bonds is 5. The summed E-state index contributed by atoms with van der Waals surface area (Å²) in [5.41, 5.74) is 0.691. The third-order valence-corrected chi connectivity index (χ3v) is 2.10. The number of para-hydroxylation sites is 1. The molecule has 1 aromatic rings. The first-order chi connectivity index (χ1) is 7.69. The Hall–Kier alpha value is -2.13. The molecule has 5 heteroatoms. The summed E-state index contributed by atoms with van der Waals surface area (Å²) >= 11 is 0. The van der Waals surface area contributed by atoms with Crippen molar-refractivity contribution in [3.05, 3.63) is 29.8 Å². The number of carbonyl (C=O) groups is 1. The van der Waals surface area contributed by atoms with Gasteiger partial charge in [-0.25, -0.2) is 9.59 Å². The third-order valence-electron chi connectivity index (χ3n) is 2.10. The lowest BCUT2D eigenvalue weighted by Gasteiger charge is -2.09. The van der Waals surface area contributed by atoms with Crippen molar-refractivity contribution in [2.24, 2.45) is 4.99 Å². The summed E-state index contributed by atoms with van der Waals surface area (Å²) in [5.74, 6) is -0.580. The molecule has 0 bridgehead atoms. The molecule has 1 aromatic carbocycles. The van der Waals surface area contributed by atoms with Crippen molar-refractivity contribution in [3.8, 4) is 5.75 Å². The largest absolute Gasteiger partial charge is 0.496 e. The van der Waals surface area contributed by atoms with E-state index in [2.05, 4.69) is 4.99 Å². The van der Waals surface area contributed by atoms with Crippen molar-refractivity contribution in [1.82, 2.24) is 0 Å². The highest BCUT2D eigenvalue weighted by Gasteiger charge is 2.18. The maximum atomic E-state index is 10.8. The quantitative estimate of drug-likeness (QED) is 0.595. The number of aliphatic imine (C=N–C) groups is 1. The number of hydrogen-bond acceptors (Lipinski definition) is 4. The van der Waals surface area contributed by atoms with Gasteiger partial charge < -0.3 is 9.84 Å². The predicted molar refractivity (Wildman–Crippen MR) is 56.2 cm³/mol. The molecule has 0 saturated heterocycles. The average Bonchev–Trinajstić information content (AvgIpc) is 2.29. The Labute approximate surface area is 92.4 Å². The van der Waals surface area contributed by atoms with Gasteiger partial charge in [0, 0.05) is 6.42 Å². The molecule has 0 aliphatic rings. The van der Waals surface area contributed by atoms with E-state index in [-0.39, 0.29) is 6.42 Å². The average molecular weight is 221 g/mol. The number of benzene rings is 1. The van der Waals surface area contributed by atoms with Crippen molar-refractivity contribution in [1.29, 1.82) is 0 Å². The summed E-state index contributed by atoms with van der Waals surface area (Å²) < 4.78 is 5.07. The number of methoxy groups -OCH3 is 1. The fourth-order valence-electron chi connectivity index (χ4n) is 1.33. The Morgan fingerprint density at radius 3 is 2.81 bits per heavy atom. The molecule has 1 N–H and O–H groups in total. The van der Waals surface area contributed by atoms with E-state index in [9.17, 15) is 9.59 Å². The normalized spacial score (nSPS) is 11.3. The molecule has 0 aliphatic heterocycles. The molecule has 1 atom stereocenters. The highest BCUT2D eigenvalue weighted by Crippen LogP contribution is 2.19. The van der Waals surface area contributed by atoms with Crippen LogP contribution in [0.1, 0.15) is 5.56 Å².